The molecule has 1 saturated heterocycles. The van der Waals surface area contributed by atoms with Crippen LogP contribution in [0.5, 0.6) is 0 Å². The number of rotatable bonds is 3. The molecule has 1 heterocycles. The maximum Gasteiger partial charge on any atom is 0.410 e. The predicted octanol–water partition coefficient (Wildman–Crippen LogP) is 3.29. The van der Waals surface area contributed by atoms with Gasteiger partial charge in [-0.1, -0.05) is 50.1 Å². The third-order valence-corrected chi connectivity index (χ3v) is 5.34. The zero-order chi connectivity index (χ0) is 17.6. The summed E-state index contributed by atoms with van der Waals surface area (Å²) in [7, 11) is 0. The fourth-order valence-electron chi connectivity index (χ4n) is 3.84. The normalized spacial score (nSPS) is 24.0. The quantitative estimate of drug-likeness (QED) is 0.845. The fraction of sp³-hybridized carbons (Fsp3) is 0.600. The highest BCUT2D eigenvalue weighted by Crippen LogP contribution is 2.30. The molecule has 1 aromatic rings. The Morgan fingerprint density at radius 3 is 2.40 bits per heavy atom. The molecule has 136 valence electrons. The zero-order valence-corrected chi connectivity index (χ0v) is 15.0. The third kappa shape index (κ3) is 4.74. The van der Waals surface area contributed by atoms with Crippen LogP contribution in [0.4, 0.5) is 4.79 Å². The summed E-state index contributed by atoms with van der Waals surface area (Å²) in [6, 6.07) is 9.68. The topological polar surface area (TPSA) is 49.9 Å². The average Bonchev–Trinajstić information content (AvgIpc) is 2.66. The van der Waals surface area contributed by atoms with Crippen molar-refractivity contribution in [3.05, 3.63) is 35.9 Å². The van der Waals surface area contributed by atoms with Crippen molar-refractivity contribution in [3.63, 3.8) is 0 Å². The molecule has 0 bridgehead atoms. The lowest BCUT2D eigenvalue weighted by Crippen LogP contribution is -2.52. The maximum atomic E-state index is 12.7. The van der Waals surface area contributed by atoms with Gasteiger partial charge in [-0.15, -0.1) is 0 Å². The van der Waals surface area contributed by atoms with Crippen molar-refractivity contribution in [1.29, 1.82) is 0 Å². The Labute approximate surface area is 149 Å². The van der Waals surface area contributed by atoms with Gasteiger partial charge in [-0.05, 0) is 24.3 Å². The summed E-state index contributed by atoms with van der Waals surface area (Å²) < 4.78 is 5.38. The molecule has 2 amide bonds. The first-order chi connectivity index (χ1) is 12.1. The minimum absolute atomic E-state index is 0.181. The Bertz CT molecular complexity index is 582. The minimum Gasteiger partial charge on any atom is -0.445 e. The van der Waals surface area contributed by atoms with E-state index in [2.05, 4.69) is 6.92 Å². The van der Waals surface area contributed by atoms with Crippen LogP contribution < -0.4 is 0 Å². The molecule has 5 nitrogen and oxygen atoms in total. The van der Waals surface area contributed by atoms with Gasteiger partial charge in [-0.2, -0.15) is 0 Å². The Kier molecular flexibility index (Phi) is 5.95. The summed E-state index contributed by atoms with van der Waals surface area (Å²) in [4.78, 5) is 28.5. The SMILES string of the molecule is C[C@H]1CCC[C@@H](C(=O)N2CCN(C(=O)OCc3ccccc3)CC2)C1. The molecular formula is C20H28N2O3. The zero-order valence-electron chi connectivity index (χ0n) is 15.0. The van der Waals surface area contributed by atoms with Gasteiger partial charge in [-0.3, -0.25) is 4.79 Å². The molecule has 3 rings (SSSR count). The van der Waals surface area contributed by atoms with Crippen molar-refractivity contribution in [2.75, 3.05) is 26.2 Å². The molecule has 1 aliphatic heterocycles. The molecular weight excluding hydrogens is 316 g/mol. The van der Waals surface area contributed by atoms with Crippen LogP contribution in [-0.4, -0.2) is 48.0 Å². The van der Waals surface area contributed by atoms with E-state index in [1.807, 2.05) is 35.2 Å². The van der Waals surface area contributed by atoms with Crippen LogP contribution in [0.3, 0.4) is 0 Å². The van der Waals surface area contributed by atoms with Gasteiger partial charge in [0.05, 0.1) is 0 Å². The highest BCUT2D eigenvalue weighted by molar-refractivity contribution is 5.79. The first-order valence-corrected chi connectivity index (χ1v) is 9.38. The predicted molar refractivity (Wildman–Crippen MR) is 95.9 cm³/mol. The summed E-state index contributed by atoms with van der Waals surface area (Å²) in [6.07, 6.45) is 4.14. The standard InChI is InChI=1S/C20H28N2O3/c1-16-6-5-9-18(14-16)19(23)21-10-12-22(13-11-21)20(24)25-15-17-7-3-2-4-8-17/h2-4,7-8,16,18H,5-6,9-15H2,1H3/t16-,18+/m0/s1. The summed E-state index contributed by atoms with van der Waals surface area (Å²) in [6.45, 7) is 4.87. The molecule has 0 unspecified atom stereocenters. The molecule has 0 aromatic heterocycles. The Morgan fingerprint density at radius 1 is 1.04 bits per heavy atom. The Morgan fingerprint density at radius 2 is 1.72 bits per heavy atom. The molecule has 0 radical (unpaired) electrons. The summed E-state index contributed by atoms with van der Waals surface area (Å²) >= 11 is 0. The number of hydrogen-bond acceptors (Lipinski definition) is 3. The molecule has 1 saturated carbocycles. The van der Waals surface area contributed by atoms with Crippen LogP contribution in [0.2, 0.25) is 0 Å². The van der Waals surface area contributed by atoms with E-state index in [1.165, 1.54) is 6.42 Å². The van der Waals surface area contributed by atoms with Gasteiger partial charge in [0, 0.05) is 32.1 Å². The first kappa shape index (κ1) is 17.8. The van der Waals surface area contributed by atoms with Crippen molar-refractivity contribution in [1.82, 2.24) is 9.80 Å². The number of nitrogens with zero attached hydrogens (tertiary/aromatic N) is 2. The molecule has 25 heavy (non-hydrogen) atoms. The van der Waals surface area contributed by atoms with E-state index in [0.717, 1.165) is 24.8 Å². The van der Waals surface area contributed by atoms with Crippen molar-refractivity contribution < 1.29 is 14.3 Å². The average molecular weight is 344 g/mol. The molecule has 0 spiro atoms. The maximum absolute atomic E-state index is 12.7. The van der Waals surface area contributed by atoms with Gasteiger partial charge < -0.3 is 14.5 Å². The van der Waals surface area contributed by atoms with Gasteiger partial charge in [0.15, 0.2) is 0 Å². The summed E-state index contributed by atoms with van der Waals surface area (Å²) in [5.74, 6) is 1.11. The fourth-order valence-corrected chi connectivity index (χ4v) is 3.84. The highest BCUT2D eigenvalue weighted by atomic mass is 16.6. The molecule has 1 aliphatic carbocycles. The summed E-state index contributed by atoms with van der Waals surface area (Å²) in [5, 5.41) is 0. The van der Waals surface area contributed by atoms with E-state index in [4.69, 9.17) is 4.74 Å². The van der Waals surface area contributed by atoms with Crippen LogP contribution in [0.1, 0.15) is 38.2 Å². The van der Waals surface area contributed by atoms with E-state index in [-0.39, 0.29) is 17.9 Å². The molecule has 2 atom stereocenters. The largest absolute Gasteiger partial charge is 0.445 e. The number of amides is 2. The van der Waals surface area contributed by atoms with Crippen molar-refractivity contribution >= 4 is 12.0 Å². The monoisotopic (exact) mass is 344 g/mol. The lowest BCUT2D eigenvalue weighted by atomic mass is 9.81. The number of carbonyl (C=O) groups excluding carboxylic acids is 2. The lowest BCUT2D eigenvalue weighted by Gasteiger charge is -2.37. The lowest BCUT2D eigenvalue weighted by molar-refractivity contribution is -0.138. The van der Waals surface area contributed by atoms with Crippen LogP contribution >= 0.6 is 0 Å². The molecule has 2 aliphatic rings. The van der Waals surface area contributed by atoms with E-state index in [9.17, 15) is 9.59 Å². The minimum atomic E-state index is -0.290. The second-order valence-electron chi connectivity index (χ2n) is 7.32. The molecule has 1 aromatic carbocycles. The number of ether oxygens (including phenoxy) is 1. The van der Waals surface area contributed by atoms with Crippen LogP contribution in [-0.2, 0) is 16.1 Å². The summed E-state index contributed by atoms with van der Waals surface area (Å²) in [5.41, 5.74) is 0.982. The van der Waals surface area contributed by atoms with Crippen LogP contribution in [0.25, 0.3) is 0 Å². The van der Waals surface area contributed by atoms with E-state index >= 15 is 0 Å². The number of benzene rings is 1. The molecule has 0 N–H and O–H groups in total. The second-order valence-corrected chi connectivity index (χ2v) is 7.32. The third-order valence-electron chi connectivity index (χ3n) is 5.34. The number of carbonyl (C=O) groups is 2. The molecule has 5 heteroatoms. The Hall–Kier alpha value is -2.04. The van der Waals surface area contributed by atoms with Crippen molar-refractivity contribution in [3.8, 4) is 0 Å². The van der Waals surface area contributed by atoms with Crippen LogP contribution in [0, 0.1) is 11.8 Å². The smallest absolute Gasteiger partial charge is 0.410 e. The number of hydrogen-bond donors (Lipinski definition) is 0. The van der Waals surface area contributed by atoms with Gasteiger partial charge >= 0.3 is 6.09 Å². The van der Waals surface area contributed by atoms with Crippen LogP contribution in [0.15, 0.2) is 30.3 Å². The van der Waals surface area contributed by atoms with Crippen molar-refractivity contribution in [2.24, 2.45) is 11.8 Å². The van der Waals surface area contributed by atoms with Gasteiger partial charge in [-0.25, -0.2) is 4.79 Å². The van der Waals surface area contributed by atoms with Gasteiger partial charge in [0.25, 0.3) is 0 Å². The second kappa shape index (κ2) is 8.37. The van der Waals surface area contributed by atoms with E-state index < -0.39 is 0 Å². The van der Waals surface area contributed by atoms with E-state index in [1.54, 1.807) is 4.90 Å². The first-order valence-electron chi connectivity index (χ1n) is 9.38. The van der Waals surface area contributed by atoms with Gasteiger partial charge in [0.1, 0.15) is 6.61 Å². The van der Waals surface area contributed by atoms with E-state index in [0.29, 0.717) is 38.7 Å². The van der Waals surface area contributed by atoms with Gasteiger partial charge in [0.2, 0.25) is 5.91 Å². The van der Waals surface area contributed by atoms with Crippen molar-refractivity contribution in [2.45, 2.75) is 39.2 Å². The highest BCUT2D eigenvalue weighted by Gasteiger charge is 2.31. The number of piperazine rings is 1. The Balaban J connectivity index is 1.43. The molecule has 2 fully saturated rings.